The van der Waals surface area contributed by atoms with E-state index in [4.69, 9.17) is 5.11 Å². The summed E-state index contributed by atoms with van der Waals surface area (Å²) in [7, 11) is 0. The minimum atomic E-state index is -0.818. The average molecular weight is 258 g/mol. The maximum Gasteiger partial charge on any atom is 0.303 e. The highest BCUT2D eigenvalue weighted by molar-refractivity contribution is 5.87. The number of benzene rings is 2. The van der Waals surface area contributed by atoms with E-state index < -0.39 is 12.1 Å². The van der Waals surface area contributed by atoms with Gasteiger partial charge in [-0.15, -0.1) is 0 Å². The van der Waals surface area contributed by atoms with Crippen LogP contribution in [0, 0.1) is 6.92 Å². The van der Waals surface area contributed by atoms with Crippen molar-refractivity contribution >= 4 is 16.7 Å². The second-order valence-electron chi connectivity index (χ2n) is 4.82. The van der Waals surface area contributed by atoms with E-state index in [0.717, 1.165) is 21.9 Å². The molecule has 0 saturated carbocycles. The average Bonchev–Trinajstić information content (AvgIpc) is 2.38. The lowest BCUT2D eigenvalue weighted by Gasteiger charge is -2.16. The maximum atomic E-state index is 10.5. The first-order valence-electron chi connectivity index (χ1n) is 6.47. The summed E-state index contributed by atoms with van der Waals surface area (Å²) in [6.07, 6.45) is 0.451. The molecule has 0 heterocycles. The topological polar surface area (TPSA) is 57.5 Å². The maximum absolute atomic E-state index is 10.5. The normalized spacial score (nSPS) is 12.5. The molecular weight excluding hydrogens is 240 g/mol. The molecule has 2 N–H and O–H groups in total. The third-order valence-corrected chi connectivity index (χ3v) is 3.39. The van der Waals surface area contributed by atoms with Gasteiger partial charge in [-0.1, -0.05) is 36.4 Å². The first-order valence-corrected chi connectivity index (χ1v) is 6.47. The number of hydrogen-bond donors (Lipinski definition) is 2. The largest absolute Gasteiger partial charge is 0.481 e. The molecule has 3 heteroatoms. The van der Waals surface area contributed by atoms with Crippen LogP contribution in [0.25, 0.3) is 10.8 Å². The molecule has 0 saturated heterocycles. The molecule has 3 nitrogen and oxygen atoms in total. The lowest BCUT2D eigenvalue weighted by atomic mass is 9.93. The number of rotatable bonds is 5. The Balaban J connectivity index is 2.27. The van der Waals surface area contributed by atoms with Crippen LogP contribution in [0.2, 0.25) is 0 Å². The van der Waals surface area contributed by atoms with Crippen LogP contribution in [0.1, 0.15) is 36.5 Å². The van der Waals surface area contributed by atoms with Gasteiger partial charge in [0.05, 0.1) is 6.10 Å². The summed E-state index contributed by atoms with van der Waals surface area (Å²) in [6, 6.07) is 12.0. The van der Waals surface area contributed by atoms with E-state index in [0.29, 0.717) is 12.8 Å². The Labute approximate surface area is 112 Å². The van der Waals surface area contributed by atoms with Gasteiger partial charge in [-0.25, -0.2) is 0 Å². The van der Waals surface area contributed by atoms with Crippen molar-refractivity contribution in [3.8, 4) is 0 Å². The molecule has 0 bridgehead atoms. The van der Waals surface area contributed by atoms with Gasteiger partial charge >= 0.3 is 5.97 Å². The monoisotopic (exact) mass is 258 g/mol. The number of aliphatic carboxylic acids is 1. The van der Waals surface area contributed by atoms with Crippen molar-refractivity contribution in [2.45, 2.75) is 32.3 Å². The Bertz CT molecular complexity index is 590. The first kappa shape index (κ1) is 13.6. The minimum absolute atomic E-state index is 0.0981. The highest BCUT2D eigenvalue weighted by Crippen LogP contribution is 2.30. The third-order valence-electron chi connectivity index (χ3n) is 3.39. The van der Waals surface area contributed by atoms with Crippen LogP contribution < -0.4 is 0 Å². The summed E-state index contributed by atoms with van der Waals surface area (Å²) in [5.41, 5.74) is 1.96. The Morgan fingerprint density at radius 2 is 1.95 bits per heavy atom. The molecule has 0 aliphatic rings. The van der Waals surface area contributed by atoms with E-state index in [-0.39, 0.29) is 6.42 Å². The molecule has 0 aliphatic heterocycles. The summed E-state index contributed by atoms with van der Waals surface area (Å²) < 4.78 is 0. The van der Waals surface area contributed by atoms with Gasteiger partial charge in [0.2, 0.25) is 0 Å². The molecular formula is C16H18O3. The van der Waals surface area contributed by atoms with Gasteiger partial charge in [-0.2, -0.15) is 0 Å². The van der Waals surface area contributed by atoms with Gasteiger partial charge in [0.15, 0.2) is 0 Å². The zero-order valence-corrected chi connectivity index (χ0v) is 11.0. The van der Waals surface area contributed by atoms with Gasteiger partial charge in [-0.3, -0.25) is 4.79 Å². The zero-order chi connectivity index (χ0) is 13.8. The smallest absolute Gasteiger partial charge is 0.303 e. The molecule has 0 amide bonds. The summed E-state index contributed by atoms with van der Waals surface area (Å²) in [5.74, 6) is -0.818. The number of carboxylic acid groups (broad SMARTS) is 1. The van der Waals surface area contributed by atoms with Gasteiger partial charge in [-0.05, 0) is 41.7 Å². The standard InChI is InChI=1S/C16H18O3/c1-11-9-10-12-5-2-3-6-13(12)16(11)14(17)7-4-8-15(18)19/h2-3,5-6,9-10,14,17H,4,7-8H2,1H3,(H,18,19)/t14-/m0/s1. The molecule has 2 aromatic rings. The molecule has 2 rings (SSSR count). The molecule has 2 aromatic carbocycles. The molecule has 0 spiro atoms. The van der Waals surface area contributed by atoms with E-state index in [1.807, 2.05) is 43.3 Å². The fraction of sp³-hybridized carbons (Fsp3) is 0.312. The van der Waals surface area contributed by atoms with E-state index in [1.165, 1.54) is 0 Å². The Morgan fingerprint density at radius 1 is 1.21 bits per heavy atom. The molecule has 19 heavy (non-hydrogen) atoms. The number of carbonyl (C=O) groups is 1. The van der Waals surface area contributed by atoms with Crippen LogP contribution >= 0.6 is 0 Å². The molecule has 0 aliphatic carbocycles. The molecule has 0 aromatic heterocycles. The van der Waals surface area contributed by atoms with Gasteiger partial charge < -0.3 is 10.2 Å². The van der Waals surface area contributed by atoms with Gasteiger partial charge in [0.25, 0.3) is 0 Å². The second kappa shape index (κ2) is 5.85. The fourth-order valence-corrected chi connectivity index (χ4v) is 2.44. The predicted molar refractivity (Wildman–Crippen MR) is 75.1 cm³/mol. The Kier molecular flexibility index (Phi) is 4.17. The first-order chi connectivity index (χ1) is 9.09. The van der Waals surface area contributed by atoms with Crippen molar-refractivity contribution in [2.75, 3.05) is 0 Å². The highest BCUT2D eigenvalue weighted by Gasteiger charge is 2.14. The summed E-state index contributed by atoms with van der Waals surface area (Å²) in [4.78, 5) is 10.5. The predicted octanol–water partition coefficient (Wildman–Crippen LogP) is 3.44. The number of aryl methyl sites for hydroxylation is 1. The summed E-state index contributed by atoms with van der Waals surface area (Å²) in [5, 5.41) is 21.1. The zero-order valence-electron chi connectivity index (χ0n) is 11.0. The quantitative estimate of drug-likeness (QED) is 0.863. The highest BCUT2D eigenvalue weighted by atomic mass is 16.4. The minimum Gasteiger partial charge on any atom is -0.481 e. The van der Waals surface area contributed by atoms with Crippen molar-refractivity contribution in [1.82, 2.24) is 0 Å². The summed E-state index contributed by atoms with van der Waals surface area (Å²) in [6.45, 7) is 1.97. The Hall–Kier alpha value is -1.87. The van der Waals surface area contributed by atoms with Crippen LogP contribution in [0.5, 0.6) is 0 Å². The molecule has 1 atom stereocenters. The SMILES string of the molecule is Cc1ccc2ccccc2c1[C@@H](O)CCCC(=O)O. The van der Waals surface area contributed by atoms with Crippen LogP contribution in [0.15, 0.2) is 36.4 Å². The van der Waals surface area contributed by atoms with Gasteiger partial charge in [0, 0.05) is 6.42 Å². The van der Waals surface area contributed by atoms with Crippen molar-refractivity contribution in [1.29, 1.82) is 0 Å². The van der Waals surface area contributed by atoms with E-state index in [9.17, 15) is 9.90 Å². The Morgan fingerprint density at radius 3 is 2.68 bits per heavy atom. The van der Waals surface area contributed by atoms with Gasteiger partial charge in [0.1, 0.15) is 0 Å². The number of carboxylic acids is 1. The van der Waals surface area contributed by atoms with Crippen LogP contribution in [-0.4, -0.2) is 16.2 Å². The number of aliphatic hydroxyl groups is 1. The summed E-state index contributed by atoms with van der Waals surface area (Å²) >= 11 is 0. The third kappa shape index (κ3) is 3.12. The van der Waals surface area contributed by atoms with Crippen LogP contribution in [-0.2, 0) is 4.79 Å². The second-order valence-corrected chi connectivity index (χ2v) is 4.82. The van der Waals surface area contributed by atoms with Crippen molar-refractivity contribution in [2.24, 2.45) is 0 Å². The number of hydrogen-bond acceptors (Lipinski definition) is 2. The molecule has 0 unspecified atom stereocenters. The van der Waals surface area contributed by atoms with Crippen molar-refractivity contribution in [3.05, 3.63) is 47.5 Å². The van der Waals surface area contributed by atoms with E-state index in [2.05, 4.69) is 0 Å². The number of aliphatic hydroxyl groups excluding tert-OH is 1. The van der Waals surface area contributed by atoms with Crippen LogP contribution in [0.3, 0.4) is 0 Å². The number of fused-ring (bicyclic) bond motifs is 1. The fourth-order valence-electron chi connectivity index (χ4n) is 2.44. The molecule has 0 fully saturated rings. The van der Waals surface area contributed by atoms with Crippen LogP contribution in [0.4, 0.5) is 0 Å². The van der Waals surface area contributed by atoms with Crippen molar-refractivity contribution in [3.63, 3.8) is 0 Å². The lowest BCUT2D eigenvalue weighted by Crippen LogP contribution is -2.03. The molecule has 100 valence electrons. The molecule has 0 radical (unpaired) electrons. The van der Waals surface area contributed by atoms with Crippen molar-refractivity contribution < 1.29 is 15.0 Å². The lowest BCUT2D eigenvalue weighted by molar-refractivity contribution is -0.137. The van der Waals surface area contributed by atoms with E-state index in [1.54, 1.807) is 0 Å². The van der Waals surface area contributed by atoms with E-state index >= 15 is 0 Å².